The first-order valence-corrected chi connectivity index (χ1v) is 4.55. The molecule has 1 heterocycles. The molecule has 0 amide bonds. The van der Waals surface area contributed by atoms with Gasteiger partial charge in [-0.3, -0.25) is 0 Å². The van der Waals surface area contributed by atoms with Gasteiger partial charge >= 0.3 is 0 Å². The minimum atomic E-state index is 0.531. The maximum Gasteiger partial charge on any atom is 0.121 e. The van der Waals surface area contributed by atoms with E-state index in [0.29, 0.717) is 13.2 Å². The molecule has 0 saturated carbocycles. The van der Waals surface area contributed by atoms with Gasteiger partial charge in [-0.1, -0.05) is 0 Å². The molecule has 2 aromatic rings. The summed E-state index contributed by atoms with van der Waals surface area (Å²) in [6.07, 6.45) is 1.79. The first-order valence-electron chi connectivity index (χ1n) is 4.55. The third-order valence-electron chi connectivity index (χ3n) is 2.08. The number of hydrogen-bond donors (Lipinski definition) is 1. The molecule has 2 N–H and O–H groups in total. The lowest BCUT2D eigenvalue weighted by molar-refractivity contribution is 0.328. The molecule has 0 bridgehead atoms. The molecule has 0 aliphatic heterocycles. The van der Waals surface area contributed by atoms with E-state index in [1.54, 1.807) is 6.33 Å². The Kier molecular flexibility index (Phi) is 2.37. The molecule has 74 valence electrons. The third-order valence-corrected chi connectivity index (χ3v) is 2.08. The van der Waals surface area contributed by atoms with Crippen molar-refractivity contribution in [3.8, 4) is 5.75 Å². The van der Waals surface area contributed by atoms with Gasteiger partial charge in [0.1, 0.15) is 12.4 Å². The summed E-state index contributed by atoms with van der Waals surface area (Å²) in [4.78, 5) is 4.22. The zero-order valence-corrected chi connectivity index (χ0v) is 8.10. The summed E-state index contributed by atoms with van der Waals surface area (Å²) in [5.74, 6) is 0.839. The van der Waals surface area contributed by atoms with Gasteiger partial charge in [0, 0.05) is 19.7 Å². The maximum absolute atomic E-state index is 5.42. The second-order valence-electron chi connectivity index (χ2n) is 3.14. The average molecular weight is 191 g/mol. The van der Waals surface area contributed by atoms with Crippen LogP contribution in [0.1, 0.15) is 0 Å². The van der Waals surface area contributed by atoms with E-state index < -0.39 is 0 Å². The number of aryl methyl sites for hydroxylation is 1. The summed E-state index contributed by atoms with van der Waals surface area (Å²) in [5, 5.41) is 0. The summed E-state index contributed by atoms with van der Waals surface area (Å²) in [6, 6.07) is 5.82. The Bertz CT molecular complexity index is 436. The van der Waals surface area contributed by atoms with Crippen LogP contribution in [0.5, 0.6) is 5.75 Å². The van der Waals surface area contributed by atoms with Crippen LogP contribution in [0.2, 0.25) is 0 Å². The summed E-state index contributed by atoms with van der Waals surface area (Å²) in [5.41, 5.74) is 7.40. The van der Waals surface area contributed by atoms with Crippen LogP contribution in [0.25, 0.3) is 11.0 Å². The molecule has 0 unspecified atom stereocenters. The van der Waals surface area contributed by atoms with E-state index in [4.69, 9.17) is 10.5 Å². The van der Waals surface area contributed by atoms with Gasteiger partial charge in [-0.2, -0.15) is 0 Å². The van der Waals surface area contributed by atoms with Crippen molar-refractivity contribution in [1.82, 2.24) is 9.55 Å². The van der Waals surface area contributed by atoms with Gasteiger partial charge < -0.3 is 15.0 Å². The first-order chi connectivity index (χ1) is 6.81. The molecule has 1 aromatic carbocycles. The van der Waals surface area contributed by atoms with E-state index in [-0.39, 0.29) is 0 Å². The fourth-order valence-corrected chi connectivity index (χ4v) is 1.37. The molecule has 1 aromatic heterocycles. The fraction of sp³-hybridized carbons (Fsp3) is 0.300. The van der Waals surface area contributed by atoms with Crippen LogP contribution in [-0.4, -0.2) is 22.7 Å². The van der Waals surface area contributed by atoms with Crippen molar-refractivity contribution < 1.29 is 4.74 Å². The maximum atomic E-state index is 5.42. The quantitative estimate of drug-likeness (QED) is 0.784. The summed E-state index contributed by atoms with van der Waals surface area (Å²) < 4.78 is 7.38. The molecule has 4 nitrogen and oxygen atoms in total. The zero-order valence-electron chi connectivity index (χ0n) is 8.10. The SMILES string of the molecule is Cn1cnc2ccc(OCCN)cc21. The summed E-state index contributed by atoms with van der Waals surface area (Å²) in [6.45, 7) is 1.08. The smallest absolute Gasteiger partial charge is 0.121 e. The van der Waals surface area contributed by atoms with Crippen LogP contribution in [-0.2, 0) is 7.05 Å². The summed E-state index contributed by atoms with van der Waals surface area (Å²) in [7, 11) is 1.96. The molecule has 0 radical (unpaired) electrons. The number of aromatic nitrogens is 2. The highest BCUT2D eigenvalue weighted by Gasteiger charge is 2.00. The Balaban J connectivity index is 2.34. The summed E-state index contributed by atoms with van der Waals surface area (Å²) >= 11 is 0. The average Bonchev–Trinajstić information content (AvgIpc) is 2.57. The highest BCUT2D eigenvalue weighted by atomic mass is 16.5. The molecule has 0 spiro atoms. The van der Waals surface area contributed by atoms with Crippen molar-refractivity contribution in [2.45, 2.75) is 0 Å². The van der Waals surface area contributed by atoms with E-state index in [0.717, 1.165) is 16.8 Å². The molecule has 0 atom stereocenters. The largest absolute Gasteiger partial charge is 0.492 e. The Hall–Kier alpha value is -1.55. The minimum Gasteiger partial charge on any atom is -0.492 e. The lowest BCUT2D eigenvalue weighted by Crippen LogP contribution is -2.10. The third kappa shape index (κ3) is 1.56. The van der Waals surface area contributed by atoms with Crippen LogP contribution < -0.4 is 10.5 Å². The van der Waals surface area contributed by atoms with E-state index >= 15 is 0 Å². The standard InChI is InChI=1S/C10H13N3O/c1-13-7-12-9-3-2-8(6-10(9)13)14-5-4-11/h2-3,6-7H,4-5,11H2,1H3. The van der Waals surface area contributed by atoms with Gasteiger partial charge in [-0.05, 0) is 12.1 Å². The molecule has 0 saturated heterocycles. The van der Waals surface area contributed by atoms with Crippen molar-refractivity contribution in [2.75, 3.05) is 13.2 Å². The molecular formula is C10H13N3O. The zero-order chi connectivity index (χ0) is 9.97. The van der Waals surface area contributed by atoms with Crippen molar-refractivity contribution in [1.29, 1.82) is 0 Å². The first kappa shape index (κ1) is 9.02. The Morgan fingerprint density at radius 2 is 2.36 bits per heavy atom. The van der Waals surface area contributed by atoms with Gasteiger partial charge in [-0.25, -0.2) is 4.98 Å². The molecule has 14 heavy (non-hydrogen) atoms. The van der Waals surface area contributed by atoms with Gasteiger partial charge in [-0.15, -0.1) is 0 Å². The van der Waals surface area contributed by atoms with Crippen LogP contribution in [0.4, 0.5) is 0 Å². The van der Waals surface area contributed by atoms with Crippen LogP contribution >= 0.6 is 0 Å². The number of nitrogens with zero attached hydrogens (tertiary/aromatic N) is 2. The molecule has 2 rings (SSSR count). The minimum absolute atomic E-state index is 0.531. The van der Waals surface area contributed by atoms with E-state index in [1.807, 2.05) is 29.8 Å². The monoisotopic (exact) mass is 191 g/mol. The predicted molar refractivity (Wildman–Crippen MR) is 55.3 cm³/mol. The topological polar surface area (TPSA) is 53.1 Å². The van der Waals surface area contributed by atoms with Gasteiger partial charge in [0.15, 0.2) is 0 Å². The Morgan fingerprint density at radius 1 is 1.50 bits per heavy atom. The van der Waals surface area contributed by atoms with Gasteiger partial charge in [0.05, 0.1) is 17.4 Å². The molecular weight excluding hydrogens is 178 g/mol. The van der Waals surface area contributed by atoms with Crippen LogP contribution in [0.3, 0.4) is 0 Å². The number of fused-ring (bicyclic) bond motifs is 1. The predicted octanol–water partition coefficient (Wildman–Crippen LogP) is 0.911. The lowest BCUT2D eigenvalue weighted by Gasteiger charge is -2.04. The number of nitrogens with two attached hydrogens (primary N) is 1. The number of ether oxygens (including phenoxy) is 1. The highest BCUT2D eigenvalue weighted by Crippen LogP contribution is 2.18. The van der Waals surface area contributed by atoms with Crippen molar-refractivity contribution in [3.05, 3.63) is 24.5 Å². The van der Waals surface area contributed by atoms with Crippen LogP contribution in [0.15, 0.2) is 24.5 Å². The molecule has 0 aliphatic carbocycles. The van der Waals surface area contributed by atoms with Gasteiger partial charge in [0.2, 0.25) is 0 Å². The molecule has 0 aliphatic rings. The second-order valence-corrected chi connectivity index (χ2v) is 3.14. The van der Waals surface area contributed by atoms with Gasteiger partial charge in [0.25, 0.3) is 0 Å². The fourth-order valence-electron chi connectivity index (χ4n) is 1.37. The van der Waals surface area contributed by atoms with Crippen LogP contribution in [0, 0.1) is 0 Å². The normalized spacial score (nSPS) is 10.7. The highest BCUT2D eigenvalue weighted by molar-refractivity contribution is 5.76. The van der Waals surface area contributed by atoms with E-state index in [2.05, 4.69) is 4.98 Å². The van der Waals surface area contributed by atoms with Crippen molar-refractivity contribution in [2.24, 2.45) is 12.8 Å². The van der Waals surface area contributed by atoms with E-state index in [1.165, 1.54) is 0 Å². The van der Waals surface area contributed by atoms with Crippen molar-refractivity contribution in [3.63, 3.8) is 0 Å². The Morgan fingerprint density at radius 3 is 3.14 bits per heavy atom. The number of benzene rings is 1. The molecule has 0 fully saturated rings. The second kappa shape index (κ2) is 3.67. The number of rotatable bonds is 3. The van der Waals surface area contributed by atoms with E-state index in [9.17, 15) is 0 Å². The lowest BCUT2D eigenvalue weighted by atomic mass is 10.3. The Labute approximate surface area is 82.3 Å². The number of hydrogen-bond acceptors (Lipinski definition) is 3. The number of imidazole rings is 1. The molecule has 4 heteroatoms. The van der Waals surface area contributed by atoms with Crippen molar-refractivity contribution >= 4 is 11.0 Å².